The third kappa shape index (κ3) is 10.9. The summed E-state index contributed by atoms with van der Waals surface area (Å²) < 4.78 is 33.7. The smallest absolute Gasteiger partial charge is 0.169 e. The van der Waals surface area contributed by atoms with Crippen LogP contribution in [0.2, 0.25) is 0 Å². The van der Waals surface area contributed by atoms with Gasteiger partial charge >= 0.3 is 0 Å². The maximum Gasteiger partial charge on any atom is 0.169 e. The first-order valence-corrected chi connectivity index (χ1v) is 15.0. The number of hydrogen-bond donors (Lipinski definition) is 0. The first-order chi connectivity index (χ1) is 22.4. The van der Waals surface area contributed by atoms with Crippen molar-refractivity contribution < 1.29 is 33.9 Å². The van der Waals surface area contributed by atoms with Gasteiger partial charge in [0, 0.05) is 0 Å². The van der Waals surface area contributed by atoms with E-state index in [1.54, 1.807) is 28.4 Å². The van der Waals surface area contributed by atoms with E-state index in [0.29, 0.717) is 46.0 Å². The van der Waals surface area contributed by atoms with Gasteiger partial charge in [0.2, 0.25) is 0 Å². The lowest BCUT2D eigenvalue weighted by atomic mass is 10.1. The number of rotatable bonds is 12. The number of hydrogen-bond acceptors (Lipinski definition) is 6. The first kappa shape index (κ1) is 37.8. The predicted molar refractivity (Wildman–Crippen MR) is 195 cm³/mol. The molecule has 0 aromatic heterocycles. The molecule has 7 heteroatoms. The van der Waals surface area contributed by atoms with Crippen molar-refractivity contribution in [1.82, 2.24) is 0 Å². The van der Waals surface area contributed by atoms with Crippen LogP contribution in [0.1, 0.15) is 49.9 Å². The minimum atomic E-state index is 0. The molecular formula is C40H46O7. The van der Waals surface area contributed by atoms with Gasteiger partial charge in [-0.3, -0.25) is 0 Å². The van der Waals surface area contributed by atoms with E-state index in [1.807, 2.05) is 149 Å². The quantitative estimate of drug-likeness (QED) is 0.153. The predicted octanol–water partition coefficient (Wildman–Crippen LogP) is 10.3. The molecule has 0 spiro atoms. The fraction of sp³-hybridized carbons (Fsp3) is 0.200. The van der Waals surface area contributed by atoms with Crippen LogP contribution in [0.4, 0.5) is 0 Å². The van der Waals surface area contributed by atoms with Gasteiger partial charge in [-0.2, -0.15) is 0 Å². The SMILES string of the molecule is CC=Cc1ccc(Oc2ccc(C=CC)cc2OC)c(OC)c1.CC=Cc1ccc(Oc2ccc(C=CC)cc2OC)c(OC)c1.O. The van der Waals surface area contributed by atoms with Crippen LogP contribution in [0.15, 0.2) is 97.1 Å². The Morgan fingerprint density at radius 3 is 0.723 bits per heavy atom. The summed E-state index contributed by atoms with van der Waals surface area (Å²) in [5.41, 5.74) is 4.25. The van der Waals surface area contributed by atoms with Crippen LogP contribution in [0.3, 0.4) is 0 Å². The molecule has 0 atom stereocenters. The fourth-order valence-corrected chi connectivity index (χ4v) is 4.50. The Hall–Kier alpha value is -5.40. The molecule has 0 aliphatic carbocycles. The van der Waals surface area contributed by atoms with E-state index in [0.717, 1.165) is 22.3 Å². The van der Waals surface area contributed by atoms with Crippen molar-refractivity contribution in [3.63, 3.8) is 0 Å². The molecule has 0 fully saturated rings. The van der Waals surface area contributed by atoms with Gasteiger partial charge in [-0.15, -0.1) is 0 Å². The lowest BCUT2D eigenvalue weighted by Gasteiger charge is -2.14. The number of benzene rings is 4. The second-order valence-corrected chi connectivity index (χ2v) is 9.85. The Kier molecular flexibility index (Phi) is 16.0. The third-order valence-corrected chi connectivity index (χ3v) is 6.63. The van der Waals surface area contributed by atoms with E-state index in [4.69, 9.17) is 28.4 Å². The molecule has 248 valence electrons. The molecule has 0 amide bonds. The lowest BCUT2D eigenvalue weighted by Crippen LogP contribution is -1.94. The highest BCUT2D eigenvalue weighted by Crippen LogP contribution is 2.39. The zero-order chi connectivity index (χ0) is 33.3. The van der Waals surface area contributed by atoms with Crippen LogP contribution < -0.4 is 28.4 Å². The normalized spacial score (nSPS) is 10.9. The van der Waals surface area contributed by atoms with Gasteiger partial charge in [0.05, 0.1) is 28.4 Å². The summed E-state index contributed by atoms with van der Waals surface area (Å²) in [6.45, 7) is 7.92. The van der Waals surface area contributed by atoms with Crippen LogP contribution in [-0.2, 0) is 0 Å². The molecular weight excluding hydrogens is 592 g/mol. The van der Waals surface area contributed by atoms with E-state index in [-0.39, 0.29) is 5.48 Å². The summed E-state index contributed by atoms with van der Waals surface area (Å²) in [6.07, 6.45) is 16.0. The number of methoxy groups -OCH3 is 4. The Labute approximate surface area is 279 Å². The molecule has 0 bridgehead atoms. The van der Waals surface area contributed by atoms with E-state index < -0.39 is 0 Å². The van der Waals surface area contributed by atoms with Crippen LogP contribution >= 0.6 is 0 Å². The molecule has 47 heavy (non-hydrogen) atoms. The highest BCUT2D eigenvalue weighted by atomic mass is 16.5. The standard InChI is InChI=1S/2C20H22O3.H2O/c2*1-5-7-15-9-11-17(19(13-15)21-3)23-18-12-10-16(8-6-2)14-20(18)22-4;/h2*5-14H,1-4H3;1H2. The zero-order valence-corrected chi connectivity index (χ0v) is 28.5. The van der Waals surface area contributed by atoms with Crippen molar-refractivity contribution in [2.24, 2.45) is 0 Å². The summed E-state index contributed by atoms with van der Waals surface area (Å²) in [4.78, 5) is 0. The molecule has 0 aliphatic heterocycles. The Balaban J connectivity index is 0.000000320. The molecule has 0 saturated heterocycles. The maximum atomic E-state index is 5.99. The minimum absolute atomic E-state index is 0. The topological polar surface area (TPSA) is 86.9 Å². The highest BCUT2D eigenvalue weighted by molar-refractivity contribution is 5.61. The number of allylic oxidation sites excluding steroid dienone is 4. The Morgan fingerprint density at radius 2 is 0.553 bits per heavy atom. The van der Waals surface area contributed by atoms with Gasteiger partial charge in [-0.1, -0.05) is 72.9 Å². The average Bonchev–Trinajstić information content (AvgIpc) is 3.08. The van der Waals surface area contributed by atoms with Crippen LogP contribution in [0.25, 0.3) is 24.3 Å². The van der Waals surface area contributed by atoms with E-state index in [2.05, 4.69) is 0 Å². The van der Waals surface area contributed by atoms with E-state index in [9.17, 15) is 0 Å². The molecule has 7 nitrogen and oxygen atoms in total. The summed E-state index contributed by atoms with van der Waals surface area (Å²) in [6, 6.07) is 23.3. The van der Waals surface area contributed by atoms with Crippen molar-refractivity contribution in [2.45, 2.75) is 27.7 Å². The summed E-state index contributed by atoms with van der Waals surface area (Å²) in [5.74, 6) is 5.33. The molecule has 2 N–H and O–H groups in total. The second kappa shape index (κ2) is 19.9. The summed E-state index contributed by atoms with van der Waals surface area (Å²) in [7, 11) is 6.53. The molecule has 0 aliphatic rings. The monoisotopic (exact) mass is 638 g/mol. The molecule has 4 aromatic carbocycles. The van der Waals surface area contributed by atoms with Crippen LogP contribution in [0.5, 0.6) is 46.0 Å². The average molecular weight is 639 g/mol. The largest absolute Gasteiger partial charge is 0.493 e. The Bertz CT molecular complexity index is 1430. The van der Waals surface area contributed by atoms with Gasteiger partial charge in [-0.05, 0) is 98.5 Å². The van der Waals surface area contributed by atoms with Crippen LogP contribution in [-0.4, -0.2) is 33.9 Å². The molecule has 0 heterocycles. The molecule has 4 rings (SSSR count). The summed E-state index contributed by atoms with van der Waals surface area (Å²) >= 11 is 0. The summed E-state index contributed by atoms with van der Waals surface area (Å²) in [5, 5.41) is 0. The maximum absolute atomic E-state index is 5.99. The lowest BCUT2D eigenvalue weighted by molar-refractivity contribution is 0.356. The molecule has 4 aromatic rings. The van der Waals surface area contributed by atoms with Gasteiger partial charge in [0.25, 0.3) is 0 Å². The van der Waals surface area contributed by atoms with Crippen molar-refractivity contribution in [3.8, 4) is 46.0 Å². The van der Waals surface area contributed by atoms with Gasteiger partial charge in [0.1, 0.15) is 0 Å². The van der Waals surface area contributed by atoms with Crippen molar-refractivity contribution in [1.29, 1.82) is 0 Å². The van der Waals surface area contributed by atoms with E-state index in [1.165, 1.54) is 0 Å². The van der Waals surface area contributed by atoms with Gasteiger partial charge in [0.15, 0.2) is 46.0 Å². The minimum Gasteiger partial charge on any atom is -0.493 e. The third-order valence-electron chi connectivity index (χ3n) is 6.63. The van der Waals surface area contributed by atoms with Crippen LogP contribution in [0, 0.1) is 0 Å². The van der Waals surface area contributed by atoms with Crippen molar-refractivity contribution in [2.75, 3.05) is 28.4 Å². The molecule has 0 unspecified atom stereocenters. The molecule has 0 radical (unpaired) electrons. The number of ether oxygens (including phenoxy) is 6. The second-order valence-electron chi connectivity index (χ2n) is 9.85. The zero-order valence-electron chi connectivity index (χ0n) is 28.5. The first-order valence-electron chi connectivity index (χ1n) is 15.0. The van der Waals surface area contributed by atoms with Crippen molar-refractivity contribution in [3.05, 3.63) is 119 Å². The fourth-order valence-electron chi connectivity index (χ4n) is 4.50. The van der Waals surface area contributed by atoms with Gasteiger partial charge < -0.3 is 33.9 Å². The highest BCUT2D eigenvalue weighted by Gasteiger charge is 2.12. The van der Waals surface area contributed by atoms with Crippen molar-refractivity contribution >= 4 is 24.3 Å². The molecule has 0 saturated carbocycles. The Morgan fingerprint density at radius 1 is 0.340 bits per heavy atom. The van der Waals surface area contributed by atoms with E-state index >= 15 is 0 Å². The van der Waals surface area contributed by atoms with Gasteiger partial charge in [-0.25, -0.2) is 0 Å².